The zero-order valence-corrected chi connectivity index (χ0v) is 9.73. The summed E-state index contributed by atoms with van der Waals surface area (Å²) in [5, 5.41) is 2.99. The molecule has 0 aliphatic carbocycles. The van der Waals surface area contributed by atoms with Crippen molar-refractivity contribution in [2.75, 3.05) is 6.26 Å². The lowest BCUT2D eigenvalue weighted by molar-refractivity contribution is 1.30. The lowest BCUT2D eigenvalue weighted by atomic mass is 10.0. The fraction of sp³-hybridized carbons (Fsp3) is 0.167. The van der Waals surface area contributed by atoms with Gasteiger partial charge in [0.25, 0.3) is 0 Å². The summed E-state index contributed by atoms with van der Waals surface area (Å²) >= 11 is 3.38. The Hall–Kier alpha value is -1.13. The van der Waals surface area contributed by atoms with Gasteiger partial charge in [-0.3, -0.25) is 0 Å². The minimum atomic E-state index is 0. The maximum atomic E-state index is 4.49. The lowest BCUT2D eigenvalue weighted by Gasteiger charge is -2.17. The molecule has 16 heavy (non-hydrogen) atoms. The summed E-state index contributed by atoms with van der Waals surface area (Å²) < 4.78 is 0. The van der Waals surface area contributed by atoms with E-state index in [0.29, 0.717) is 0 Å². The van der Waals surface area contributed by atoms with Crippen molar-refractivity contribution in [2.45, 2.75) is 12.3 Å². The molecule has 3 rings (SSSR count). The Balaban J connectivity index is 0.000000963. The molecule has 1 aromatic heterocycles. The van der Waals surface area contributed by atoms with Crippen LogP contribution in [0.15, 0.2) is 39.7 Å². The Labute approximate surface area is 103 Å². The van der Waals surface area contributed by atoms with Gasteiger partial charge in [0.1, 0.15) is 10.7 Å². The lowest BCUT2D eigenvalue weighted by Crippen LogP contribution is -2.10. The Morgan fingerprint density at radius 2 is 2.19 bits per heavy atom. The van der Waals surface area contributed by atoms with Gasteiger partial charge in [0.05, 0.1) is 5.69 Å². The van der Waals surface area contributed by atoms with E-state index in [9.17, 15) is 0 Å². The van der Waals surface area contributed by atoms with Gasteiger partial charge in [-0.2, -0.15) is 0 Å². The molecule has 1 aliphatic rings. The van der Waals surface area contributed by atoms with E-state index < -0.39 is 0 Å². The van der Waals surface area contributed by atoms with Gasteiger partial charge in [-0.15, -0.1) is 23.1 Å². The molecule has 0 N–H and O–H groups in total. The first kappa shape index (κ1) is 11.4. The first-order chi connectivity index (χ1) is 7.38. The average Bonchev–Trinajstić information content (AvgIpc) is 2.73. The van der Waals surface area contributed by atoms with Crippen LogP contribution in [-0.4, -0.2) is 17.0 Å². The maximum Gasteiger partial charge on any atom is 0.142 e. The van der Waals surface area contributed by atoms with E-state index in [1.165, 1.54) is 10.5 Å². The second-order valence-corrected chi connectivity index (χ2v) is 4.95. The van der Waals surface area contributed by atoms with Gasteiger partial charge in [-0.05, 0) is 24.5 Å². The first-order valence-corrected chi connectivity index (χ1v) is 6.66. The SMILES string of the molecule is C.CSc1ccc2c(c1)N=C2c1nccs1. The number of fused-ring (bicyclic) bond motifs is 1. The van der Waals surface area contributed by atoms with E-state index in [4.69, 9.17) is 0 Å². The third kappa shape index (κ3) is 1.68. The molecule has 1 aliphatic heterocycles. The fourth-order valence-electron chi connectivity index (χ4n) is 1.56. The van der Waals surface area contributed by atoms with Crippen molar-refractivity contribution in [1.82, 2.24) is 4.98 Å². The van der Waals surface area contributed by atoms with Crippen molar-refractivity contribution < 1.29 is 0 Å². The third-order valence-corrected chi connectivity index (χ3v) is 3.83. The van der Waals surface area contributed by atoms with Crippen LogP contribution < -0.4 is 0 Å². The van der Waals surface area contributed by atoms with Crippen molar-refractivity contribution >= 4 is 34.5 Å². The van der Waals surface area contributed by atoms with Crippen molar-refractivity contribution in [3.05, 3.63) is 40.3 Å². The molecule has 82 valence electrons. The van der Waals surface area contributed by atoms with Crippen molar-refractivity contribution in [3.63, 3.8) is 0 Å². The zero-order valence-electron chi connectivity index (χ0n) is 8.10. The molecule has 0 fully saturated rings. The first-order valence-electron chi connectivity index (χ1n) is 4.55. The van der Waals surface area contributed by atoms with Crippen molar-refractivity contribution in [2.24, 2.45) is 4.99 Å². The molecular formula is C12H12N2S2. The normalized spacial score (nSPS) is 12.2. The van der Waals surface area contributed by atoms with E-state index in [0.717, 1.165) is 16.4 Å². The van der Waals surface area contributed by atoms with Crippen LogP contribution in [0, 0.1) is 0 Å². The monoisotopic (exact) mass is 248 g/mol. The Kier molecular flexibility index (Phi) is 3.12. The number of aromatic nitrogens is 1. The van der Waals surface area contributed by atoms with Crippen LogP contribution in [0.5, 0.6) is 0 Å². The van der Waals surface area contributed by atoms with E-state index in [1.807, 2.05) is 11.6 Å². The highest BCUT2D eigenvalue weighted by atomic mass is 32.2. The van der Waals surface area contributed by atoms with E-state index in [-0.39, 0.29) is 7.43 Å². The van der Waals surface area contributed by atoms with Crippen LogP contribution in [0.3, 0.4) is 0 Å². The largest absolute Gasteiger partial charge is 0.244 e. The van der Waals surface area contributed by atoms with Gasteiger partial charge in [0.2, 0.25) is 0 Å². The number of hydrogen-bond acceptors (Lipinski definition) is 4. The maximum absolute atomic E-state index is 4.49. The molecule has 0 saturated heterocycles. The highest BCUT2D eigenvalue weighted by molar-refractivity contribution is 7.98. The molecule has 2 heterocycles. The number of aliphatic imine (C=N–C) groups is 1. The Morgan fingerprint density at radius 1 is 1.31 bits per heavy atom. The van der Waals surface area contributed by atoms with Crippen LogP contribution in [0.25, 0.3) is 0 Å². The highest BCUT2D eigenvalue weighted by Crippen LogP contribution is 2.35. The molecule has 2 nitrogen and oxygen atoms in total. The summed E-state index contributed by atoms with van der Waals surface area (Å²) in [6, 6.07) is 6.38. The molecule has 4 heteroatoms. The Bertz CT molecular complexity index is 530. The summed E-state index contributed by atoms with van der Waals surface area (Å²) in [4.78, 5) is 10.0. The zero-order chi connectivity index (χ0) is 10.3. The topological polar surface area (TPSA) is 25.2 Å². The predicted molar refractivity (Wildman–Crippen MR) is 72.4 cm³/mol. The van der Waals surface area contributed by atoms with Crippen molar-refractivity contribution in [1.29, 1.82) is 0 Å². The summed E-state index contributed by atoms with van der Waals surface area (Å²) in [5.74, 6) is 0. The van der Waals surface area contributed by atoms with Crippen LogP contribution >= 0.6 is 23.1 Å². The average molecular weight is 248 g/mol. The third-order valence-electron chi connectivity index (χ3n) is 2.33. The van der Waals surface area contributed by atoms with Gasteiger partial charge in [0, 0.05) is 22.0 Å². The van der Waals surface area contributed by atoms with Gasteiger partial charge in [0.15, 0.2) is 0 Å². The second-order valence-electron chi connectivity index (χ2n) is 3.18. The number of thioether (sulfide) groups is 1. The van der Waals surface area contributed by atoms with E-state index in [1.54, 1.807) is 23.1 Å². The predicted octanol–water partition coefficient (Wildman–Crippen LogP) is 3.98. The van der Waals surface area contributed by atoms with Crippen LogP contribution in [0.2, 0.25) is 0 Å². The van der Waals surface area contributed by atoms with Gasteiger partial charge >= 0.3 is 0 Å². The van der Waals surface area contributed by atoms with Gasteiger partial charge in [-0.25, -0.2) is 9.98 Å². The molecule has 0 spiro atoms. The number of thiazole rings is 1. The molecule has 1 aromatic carbocycles. The summed E-state index contributed by atoms with van der Waals surface area (Å²) in [7, 11) is 0. The summed E-state index contributed by atoms with van der Waals surface area (Å²) in [6.07, 6.45) is 3.89. The number of rotatable bonds is 2. The van der Waals surface area contributed by atoms with Crippen LogP contribution in [-0.2, 0) is 0 Å². The molecule has 0 bridgehead atoms. The summed E-state index contributed by atoms with van der Waals surface area (Å²) in [5.41, 5.74) is 3.35. The highest BCUT2D eigenvalue weighted by Gasteiger charge is 2.21. The number of benzene rings is 1. The van der Waals surface area contributed by atoms with Crippen LogP contribution in [0.4, 0.5) is 5.69 Å². The minimum Gasteiger partial charge on any atom is -0.244 e. The fourth-order valence-corrected chi connectivity index (χ4v) is 2.64. The van der Waals surface area contributed by atoms with E-state index in [2.05, 4.69) is 34.4 Å². The summed E-state index contributed by atoms with van der Waals surface area (Å²) in [6.45, 7) is 0. The molecule has 0 atom stereocenters. The molecule has 0 radical (unpaired) electrons. The standard InChI is InChI=1S/C11H8N2S2.CH4/c1-14-7-2-3-8-9(6-7)13-10(8)11-12-4-5-15-11;/h2-6H,1H3;1H4. The molecular weight excluding hydrogens is 236 g/mol. The Morgan fingerprint density at radius 3 is 2.81 bits per heavy atom. The second kappa shape index (κ2) is 4.39. The van der Waals surface area contributed by atoms with E-state index >= 15 is 0 Å². The quantitative estimate of drug-likeness (QED) is 0.641. The van der Waals surface area contributed by atoms with Crippen molar-refractivity contribution in [3.8, 4) is 0 Å². The van der Waals surface area contributed by atoms with Gasteiger partial charge in [-0.1, -0.05) is 7.43 Å². The smallest absolute Gasteiger partial charge is 0.142 e. The number of nitrogens with zero attached hydrogens (tertiary/aromatic N) is 2. The molecule has 0 unspecified atom stereocenters. The number of hydrogen-bond donors (Lipinski definition) is 0. The minimum absolute atomic E-state index is 0. The molecule has 0 amide bonds. The van der Waals surface area contributed by atoms with Gasteiger partial charge < -0.3 is 0 Å². The molecule has 2 aromatic rings. The van der Waals surface area contributed by atoms with Crippen LogP contribution in [0.1, 0.15) is 18.0 Å². The molecule has 0 saturated carbocycles.